The molecule has 0 unspecified atom stereocenters. The number of nitrogens with one attached hydrogen (secondary N) is 1. The minimum absolute atomic E-state index is 0.105. The Kier molecular flexibility index (Phi) is 2.55. The van der Waals surface area contributed by atoms with Crippen LogP contribution in [-0.2, 0) is 4.79 Å². The zero-order chi connectivity index (χ0) is 10.7. The van der Waals surface area contributed by atoms with Gasteiger partial charge in [0.1, 0.15) is 5.52 Å². The van der Waals surface area contributed by atoms with Gasteiger partial charge in [0.05, 0.1) is 6.54 Å². The number of hydrogen-bond donors (Lipinski definition) is 1. The van der Waals surface area contributed by atoms with E-state index < -0.39 is 5.97 Å². The van der Waals surface area contributed by atoms with E-state index in [-0.39, 0.29) is 6.54 Å². The van der Waals surface area contributed by atoms with Crippen LogP contribution in [0.15, 0.2) is 18.3 Å². The second-order valence-electron chi connectivity index (χ2n) is 2.80. The number of nitrogens with zero attached hydrogens (tertiary/aromatic N) is 4. The van der Waals surface area contributed by atoms with Crippen LogP contribution in [-0.4, -0.2) is 39.7 Å². The molecule has 0 amide bonds. The van der Waals surface area contributed by atoms with Crippen molar-refractivity contribution in [2.45, 2.75) is 0 Å². The fourth-order valence-electron chi connectivity index (χ4n) is 1.08. The highest BCUT2D eigenvalue weighted by Gasteiger charge is 2.09. The van der Waals surface area contributed by atoms with E-state index >= 15 is 0 Å². The fraction of sp³-hybridized carbons (Fsp3) is 0.250. The van der Waals surface area contributed by atoms with Crippen molar-refractivity contribution in [1.82, 2.24) is 25.5 Å². The molecule has 1 N–H and O–H groups in total. The minimum atomic E-state index is -0.449. The maximum absolute atomic E-state index is 11.2. The average Bonchev–Trinajstić information content (AvgIpc) is 2.62. The molecule has 78 valence electrons. The predicted octanol–water partition coefficient (Wildman–Crippen LogP) is -0.999. The van der Waals surface area contributed by atoms with Crippen LogP contribution in [0.2, 0.25) is 0 Å². The Balaban J connectivity index is 2.25. The number of pyridine rings is 1. The highest BCUT2D eigenvalue weighted by Crippen LogP contribution is 2.03. The van der Waals surface area contributed by atoms with Crippen LogP contribution < -0.4 is 10.2 Å². The molecule has 0 saturated heterocycles. The van der Waals surface area contributed by atoms with Crippen molar-refractivity contribution >= 4 is 17.1 Å². The summed E-state index contributed by atoms with van der Waals surface area (Å²) in [5, 5.41) is 10.1. The molecule has 0 spiro atoms. The molecule has 0 atom stereocenters. The summed E-state index contributed by atoms with van der Waals surface area (Å²) >= 11 is 0. The van der Waals surface area contributed by atoms with Gasteiger partial charge in [-0.05, 0) is 29.2 Å². The first-order valence-corrected chi connectivity index (χ1v) is 4.33. The third kappa shape index (κ3) is 1.91. The average molecular weight is 207 g/mol. The molecular formula is C8H9N5O2. The quantitative estimate of drug-likeness (QED) is 0.650. The number of aromatic nitrogens is 4. The van der Waals surface area contributed by atoms with E-state index in [9.17, 15) is 4.79 Å². The summed E-state index contributed by atoms with van der Waals surface area (Å²) in [6, 6.07) is 3.47. The summed E-state index contributed by atoms with van der Waals surface area (Å²) in [7, 11) is 1.65. The first-order valence-electron chi connectivity index (χ1n) is 4.33. The largest absolute Gasteiger partial charge is 0.348 e. The molecule has 0 aliphatic heterocycles. The molecule has 15 heavy (non-hydrogen) atoms. The van der Waals surface area contributed by atoms with Crippen molar-refractivity contribution in [2.75, 3.05) is 13.6 Å². The van der Waals surface area contributed by atoms with Crippen LogP contribution in [0.1, 0.15) is 0 Å². The molecule has 7 heteroatoms. The molecule has 0 bridgehead atoms. The Morgan fingerprint density at radius 2 is 2.53 bits per heavy atom. The van der Waals surface area contributed by atoms with Crippen molar-refractivity contribution in [1.29, 1.82) is 0 Å². The molecule has 0 radical (unpaired) electrons. The number of rotatable bonds is 3. The van der Waals surface area contributed by atoms with E-state index in [1.807, 2.05) is 0 Å². The van der Waals surface area contributed by atoms with Crippen molar-refractivity contribution in [2.24, 2.45) is 0 Å². The highest BCUT2D eigenvalue weighted by molar-refractivity contribution is 5.74. The van der Waals surface area contributed by atoms with E-state index in [1.165, 1.54) is 0 Å². The van der Waals surface area contributed by atoms with Crippen molar-refractivity contribution in [3.05, 3.63) is 18.3 Å². The van der Waals surface area contributed by atoms with Crippen LogP contribution >= 0.6 is 0 Å². The highest BCUT2D eigenvalue weighted by atomic mass is 16.7. The van der Waals surface area contributed by atoms with E-state index in [0.29, 0.717) is 11.2 Å². The lowest BCUT2D eigenvalue weighted by atomic mass is 10.4. The van der Waals surface area contributed by atoms with Gasteiger partial charge < -0.3 is 10.2 Å². The molecule has 0 aliphatic rings. The number of fused-ring (bicyclic) bond motifs is 1. The van der Waals surface area contributed by atoms with Gasteiger partial charge in [-0.15, -0.1) is 5.10 Å². The first kappa shape index (κ1) is 9.53. The maximum Gasteiger partial charge on any atom is 0.348 e. The Bertz CT molecular complexity index is 481. The standard InChI is InChI=1S/C8H9N5O2/c1-9-5-7(14)15-13-8-6(11-12-13)3-2-4-10-8/h2-4,9H,5H2,1H3. The van der Waals surface area contributed by atoms with Gasteiger partial charge in [-0.2, -0.15) is 0 Å². The Morgan fingerprint density at radius 3 is 3.33 bits per heavy atom. The molecule has 0 saturated carbocycles. The minimum Gasteiger partial charge on any atom is -0.314 e. The lowest BCUT2D eigenvalue weighted by Gasteiger charge is -2.00. The van der Waals surface area contributed by atoms with Crippen LogP contribution in [0.25, 0.3) is 11.2 Å². The molecule has 0 aromatic carbocycles. The molecule has 0 fully saturated rings. The van der Waals surface area contributed by atoms with E-state index in [1.54, 1.807) is 25.4 Å². The van der Waals surface area contributed by atoms with E-state index in [2.05, 4.69) is 20.6 Å². The fourth-order valence-corrected chi connectivity index (χ4v) is 1.08. The number of hydrogen-bond acceptors (Lipinski definition) is 6. The Hall–Kier alpha value is -2.02. The molecular weight excluding hydrogens is 198 g/mol. The van der Waals surface area contributed by atoms with Gasteiger partial charge in [-0.3, -0.25) is 0 Å². The van der Waals surface area contributed by atoms with Crippen LogP contribution in [0, 0.1) is 0 Å². The van der Waals surface area contributed by atoms with E-state index in [4.69, 9.17) is 4.84 Å². The summed E-state index contributed by atoms with van der Waals surface area (Å²) in [5.74, 6) is -0.449. The second kappa shape index (κ2) is 4.01. The number of likely N-dealkylation sites (N-methyl/N-ethyl adjacent to an activating group) is 1. The van der Waals surface area contributed by atoms with Gasteiger partial charge in [0.25, 0.3) is 0 Å². The van der Waals surface area contributed by atoms with Crippen LogP contribution in [0.5, 0.6) is 0 Å². The van der Waals surface area contributed by atoms with Gasteiger partial charge in [-0.25, -0.2) is 9.78 Å². The third-order valence-electron chi connectivity index (χ3n) is 1.69. The zero-order valence-corrected chi connectivity index (χ0v) is 8.04. The summed E-state index contributed by atoms with van der Waals surface area (Å²) < 4.78 is 0. The Morgan fingerprint density at radius 1 is 1.67 bits per heavy atom. The smallest absolute Gasteiger partial charge is 0.314 e. The van der Waals surface area contributed by atoms with Crippen LogP contribution in [0.4, 0.5) is 0 Å². The summed E-state index contributed by atoms with van der Waals surface area (Å²) in [6.07, 6.45) is 1.58. The summed E-state index contributed by atoms with van der Waals surface area (Å²) in [5.41, 5.74) is 0.997. The zero-order valence-electron chi connectivity index (χ0n) is 8.04. The van der Waals surface area contributed by atoms with Gasteiger partial charge >= 0.3 is 5.97 Å². The van der Waals surface area contributed by atoms with Crippen molar-refractivity contribution in [3.63, 3.8) is 0 Å². The SMILES string of the molecule is CNCC(=O)On1nnc2cccnc21. The summed E-state index contributed by atoms with van der Waals surface area (Å²) in [4.78, 5) is 21.0. The number of carbonyl (C=O) groups is 1. The Labute approximate surface area is 85.0 Å². The third-order valence-corrected chi connectivity index (χ3v) is 1.69. The van der Waals surface area contributed by atoms with Gasteiger partial charge in [0.2, 0.25) is 5.65 Å². The normalized spacial score (nSPS) is 10.5. The molecule has 2 aromatic heterocycles. The first-order chi connectivity index (χ1) is 7.31. The van der Waals surface area contributed by atoms with Crippen molar-refractivity contribution in [3.8, 4) is 0 Å². The molecule has 7 nitrogen and oxygen atoms in total. The van der Waals surface area contributed by atoms with Gasteiger partial charge in [0, 0.05) is 6.20 Å². The second-order valence-corrected chi connectivity index (χ2v) is 2.80. The van der Waals surface area contributed by atoms with Crippen LogP contribution in [0.3, 0.4) is 0 Å². The van der Waals surface area contributed by atoms with Gasteiger partial charge in [-0.1, -0.05) is 0 Å². The lowest BCUT2D eigenvalue weighted by molar-refractivity contribution is -0.144. The topological polar surface area (TPSA) is 81.9 Å². The molecule has 2 rings (SSSR count). The van der Waals surface area contributed by atoms with Gasteiger partial charge in [0.15, 0.2) is 0 Å². The van der Waals surface area contributed by atoms with Crippen molar-refractivity contribution < 1.29 is 9.63 Å². The monoisotopic (exact) mass is 207 g/mol. The lowest BCUT2D eigenvalue weighted by Crippen LogP contribution is -2.29. The molecule has 2 aromatic rings. The summed E-state index contributed by atoms with van der Waals surface area (Å²) in [6.45, 7) is 0.105. The molecule has 2 heterocycles. The number of carbonyl (C=O) groups excluding carboxylic acids is 1. The molecule has 0 aliphatic carbocycles. The maximum atomic E-state index is 11.2. The predicted molar refractivity (Wildman–Crippen MR) is 50.8 cm³/mol. The van der Waals surface area contributed by atoms with E-state index in [0.717, 1.165) is 4.85 Å².